The third-order valence-corrected chi connectivity index (χ3v) is 6.90. The first-order valence-corrected chi connectivity index (χ1v) is 12.4. The van der Waals surface area contributed by atoms with Gasteiger partial charge < -0.3 is 20.2 Å². The molecule has 3 rings (SSSR count). The predicted molar refractivity (Wildman–Crippen MR) is 127 cm³/mol. The molecule has 0 saturated carbocycles. The van der Waals surface area contributed by atoms with E-state index < -0.39 is 28.8 Å². The van der Waals surface area contributed by atoms with Crippen LogP contribution in [0.2, 0.25) is 5.02 Å². The molecule has 0 unspecified atom stereocenters. The minimum absolute atomic E-state index is 0.162. The fourth-order valence-electron chi connectivity index (χ4n) is 3.09. The quantitative estimate of drug-likeness (QED) is 0.258. The highest BCUT2D eigenvalue weighted by Crippen LogP contribution is 2.36. The molecule has 32 heavy (non-hydrogen) atoms. The normalized spacial score (nSPS) is 11.2. The van der Waals surface area contributed by atoms with Crippen LogP contribution in [-0.2, 0) is 0 Å². The Hall–Kier alpha value is -2.43. The van der Waals surface area contributed by atoms with E-state index in [4.69, 9.17) is 11.6 Å². The predicted octanol–water partition coefficient (Wildman–Crippen LogP) is 4.10. The van der Waals surface area contributed by atoms with Crippen molar-refractivity contribution < 1.29 is 10.2 Å². The molecular weight excluding hydrogens is 472 g/mol. The fourth-order valence-corrected chi connectivity index (χ4v) is 4.64. The summed E-state index contributed by atoms with van der Waals surface area (Å²) in [5.41, 5.74) is -1.09. The summed E-state index contributed by atoms with van der Waals surface area (Å²) in [5, 5.41) is 22.4. The van der Waals surface area contributed by atoms with Crippen molar-refractivity contribution in [1.82, 2.24) is 19.9 Å². The number of halogens is 1. The summed E-state index contributed by atoms with van der Waals surface area (Å²) in [6.45, 7) is 3.97. The highest BCUT2D eigenvalue weighted by molar-refractivity contribution is 7.99. The molecular formula is C21H23ClN4O4S2. The number of aromatic amines is 2. The molecule has 0 aliphatic rings. The van der Waals surface area contributed by atoms with Crippen molar-refractivity contribution >= 4 is 35.1 Å². The van der Waals surface area contributed by atoms with Crippen molar-refractivity contribution in [1.29, 1.82) is 0 Å². The molecule has 170 valence electrons. The molecule has 0 fully saturated rings. The molecule has 2 aromatic heterocycles. The van der Waals surface area contributed by atoms with Gasteiger partial charge in [-0.3, -0.25) is 9.59 Å². The van der Waals surface area contributed by atoms with Gasteiger partial charge in [0.2, 0.25) is 11.8 Å². The Kier molecular flexibility index (Phi) is 8.27. The lowest BCUT2D eigenvalue weighted by Crippen LogP contribution is -2.26. The lowest BCUT2D eigenvalue weighted by molar-refractivity contribution is 0.424. The number of benzene rings is 1. The molecule has 0 spiro atoms. The number of H-pyrrole nitrogens is 2. The summed E-state index contributed by atoms with van der Waals surface area (Å²) in [6, 6.07) is 6.42. The highest BCUT2D eigenvalue weighted by Gasteiger charge is 2.31. The van der Waals surface area contributed by atoms with Gasteiger partial charge in [0.25, 0.3) is 11.1 Å². The Morgan fingerprint density at radius 3 is 1.69 bits per heavy atom. The monoisotopic (exact) mass is 494 g/mol. The van der Waals surface area contributed by atoms with Crippen molar-refractivity contribution in [3.05, 3.63) is 66.7 Å². The minimum Gasteiger partial charge on any atom is -0.493 e. The van der Waals surface area contributed by atoms with Gasteiger partial charge in [-0.15, -0.1) is 0 Å². The van der Waals surface area contributed by atoms with E-state index in [-0.39, 0.29) is 21.4 Å². The van der Waals surface area contributed by atoms with E-state index in [1.807, 2.05) is 13.8 Å². The third kappa shape index (κ3) is 5.48. The summed E-state index contributed by atoms with van der Waals surface area (Å²) in [6.07, 6.45) is 1.73. The zero-order chi connectivity index (χ0) is 23.3. The SMILES string of the molecule is CCCSc1nc(O)c(C(c2ccc(Cl)cc2)c2c(O)nc(SCCC)[nH]c2=O)c(=O)[nH]1. The fraction of sp³-hybridized carbons (Fsp3) is 0.333. The van der Waals surface area contributed by atoms with Crippen LogP contribution in [0.3, 0.4) is 0 Å². The summed E-state index contributed by atoms with van der Waals surface area (Å²) in [7, 11) is 0. The highest BCUT2D eigenvalue weighted by atomic mass is 35.5. The van der Waals surface area contributed by atoms with E-state index in [1.54, 1.807) is 24.3 Å². The maximum Gasteiger partial charge on any atom is 0.259 e. The standard InChI is InChI=1S/C21H23ClN4O4S2/c1-3-9-31-20-23-16(27)14(17(28)24-20)13(11-5-7-12(22)8-6-11)15-18(29)25-21(26-19(15)30)32-10-4-2/h5-8,13H,3-4,9-10H2,1-2H3,(H2,23,24,27,28)(H2,25,26,29,30). The van der Waals surface area contributed by atoms with Gasteiger partial charge in [-0.1, -0.05) is 61.1 Å². The van der Waals surface area contributed by atoms with Crippen molar-refractivity contribution in [2.75, 3.05) is 11.5 Å². The van der Waals surface area contributed by atoms with Crippen LogP contribution in [0, 0.1) is 0 Å². The Labute approximate surface area is 197 Å². The summed E-state index contributed by atoms with van der Waals surface area (Å²) in [5.74, 6) is -0.728. The average molecular weight is 495 g/mol. The average Bonchev–Trinajstić information content (AvgIpc) is 2.75. The molecule has 1 aromatic carbocycles. The molecule has 0 aliphatic carbocycles. The van der Waals surface area contributed by atoms with Crippen LogP contribution in [0.4, 0.5) is 0 Å². The number of hydrogen-bond donors (Lipinski definition) is 4. The lowest BCUT2D eigenvalue weighted by atomic mass is 9.87. The molecule has 2 heterocycles. The minimum atomic E-state index is -1.12. The van der Waals surface area contributed by atoms with E-state index in [9.17, 15) is 19.8 Å². The van der Waals surface area contributed by atoms with Gasteiger partial charge in [0.15, 0.2) is 10.3 Å². The second-order valence-corrected chi connectivity index (χ2v) is 9.50. The van der Waals surface area contributed by atoms with Gasteiger partial charge in [-0.25, -0.2) is 0 Å². The largest absolute Gasteiger partial charge is 0.493 e. The smallest absolute Gasteiger partial charge is 0.259 e. The Morgan fingerprint density at radius 2 is 1.31 bits per heavy atom. The first kappa shape index (κ1) is 24.2. The van der Waals surface area contributed by atoms with E-state index in [2.05, 4.69) is 19.9 Å². The van der Waals surface area contributed by atoms with Gasteiger partial charge in [0.1, 0.15) is 0 Å². The Morgan fingerprint density at radius 1 is 0.875 bits per heavy atom. The van der Waals surface area contributed by atoms with Crippen LogP contribution in [0.1, 0.15) is 49.3 Å². The second-order valence-electron chi connectivity index (χ2n) is 6.90. The summed E-state index contributed by atoms with van der Waals surface area (Å²) in [4.78, 5) is 39.5. The van der Waals surface area contributed by atoms with Crippen LogP contribution < -0.4 is 11.1 Å². The molecule has 0 radical (unpaired) electrons. The molecule has 0 atom stereocenters. The Bertz CT molecular complexity index is 1130. The lowest BCUT2D eigenvalue weighted by Gasteiger charge is -2.19. The molecule has 0 aliphatic heterocycles. The maximum atomic E-state index is 13.0. The number of thioether (sulfide) groups is 2. The van der Waals surface area contributed by atoms with E-state index in [1.165, 1.54) is 23.5 Å². The molecule has 0 saturated heterocycles. The first-order valence-electron chi connectivity index (χ1n) is 10.0. The van der Waals surface area contributed by atoms with E-state index in [0.29, 0.717) is 22.1 Å². The van der Waals surface area contributed by atoms with Crippen molar-refractivity contribution in [2.24, 2.45) is 0 Å². The Balaban J connectivity index is 2.21. The van der Waals surface area contributed by atoms with Crippen LogP contribution in [0.5, 0.6) is 11.8 Å². The topological polar surface area (TPSA) is 132 Å². The maximum absolute atomic E-state index is 13.0. The molecule has 4 N–H and O–H groups in total. The van der Waals surface area contributed by atoms with Gasteiger partial charge >= 0.3 is 0 Å². The number of nitrogens with zero attached hydrogens (tertiary/aromatic N) is 2. The molecule has 8 nitrogen and oxygen atoms in total. The van der Waals surface area contributed by atoms with Gasteiger partial charge in [-0.05, 0) is 30.5 Å². The van der Waals surface area contributed by atoms with Crippen molar-refractivity contribution in [3.63, 3.8) is 0 Å². The summed E-state index contributed by atoms with van der Waals surface area (Å²) < 4.78 is 0. The second kappa shape index (κ2) is 10.9. The molecule has 0 amide bonds. The molecule has 0 bridgehead atoms. The van der Waals surface area contributed by atoms with Gasteiger partial charge in [0.05, 0.1) is 17.0 Å². The zero-order valence-electron chi connectivity index (χ0n) is 17.5. The number of aromatic hydroxyl groups is 2. The van der Waals surface area contributed by atoms with Crippen LogP contribution >= 0.6 is 35.1 Å². The van der Waals surface area contributed by atoms with Gasteiger partial charge in [-0.2, -0.15) is 9.97 Å². The van der Waals surface area contributed by atoms with Crippen molar-refractivity contribution in [3.8, 4) is 11.8 Å². The molecule has 11 heteroatoms. The van der Waals surface area contributed by atoms with E-state index >= 15 is 0 Å². The van der Waals surface area contributed by atoms with Crippen LogP contribution in [0.25, 0.3) is 0 Å². The number of aromatic nitrogens is 4. The van der Waals surface area contributed by atoms with Crippen LogP contribution in [0.15, 0.2) is 44.2 Å². The van der Waals surface area contributed by atoms with E-state index in [0.717, 1.165) is 12.8 Å². The third-order valence-electron chi connectivity index (χ3n) is 4.49. The summed E-state index contributed by atoms with van der Waals surface area (Å²) >= 11 is 8.61. The van der Waals surface area contributed by atoms with Gasteiger partial charge in [0, 0.05) is 16.5 Å². The number of hydrogen-bond acceptors (Lipinski definition) is 8. The van der Waals surface area contributed by atoms with Crippen LogP contribution in [-0.4, -0.2) is 41.7 Å². The number of nitrogens with one attached hydrogen (secondary N) is 2. The first-order chi connectivity index (χ1) is 15.3. The number of rotatable bonds is 9. The van der Waals surface area contributed by atoms with Crippen molar-refractivity contribution in [2.45, 2.75) is 42.9 Å². The molecule has 3 aromatic rings. The zero-order valence-corrected chi connectivity index (χ0v) is 19.9.